The lowest BCUT2D eigenvalue weighted by Crippen LogP contribution is -2.31. The molecule has 0 aliphatic heterocycles. The first-order chi connectivity index (χ1) is 10.8. The van der Waals surface area contributed by atoms with Crippen molar-refractivity contribution in [1.82, 2.24) is 0 Å². The molecular weight excluding hydrogens is 292 g/mol. The number of carbonyl (C=O) groups is 2. The molecule has 0 rings (SSSR count). The normalized spacial score (nSPS) is 12.7. The van der Waals surface area contributed by atoms with Crippen LogP contribution in [0.5, 0.6) is 0 Å². The number of carbonyl (C=O) groups excluding carboxylic acids is 2. The summed E-state index contributed by atoms with van der Waals surface area (Å²) in [6, 6.07) is 0. The fourth-order valence-electron chi connectivity index (χ4n) is 2.43. The molecule has 136 valence electrons. The molecule has 0 aliphatic rings. The molecule has 0 radical (unpaired) electrons. The van der Waals surface area contributed by atoms with Gasteiger partial charge in [0, 0.05) is 12.8 Å². The first kappa shape index (κ1) is 21.9. The number of hydrogen-bond donors (Lipinski definition) is 0. The molecule has 0 amide bonds. The molecule has 0 fully saturated rings. The van der Waals surface area contributed by atoms with Crippen molar-refractivity contribution in [2.45, 2.75) is 98.5 Å². The van der Waals surface area contributed by atoms with E-state index in [1.54, 1.807) is 0 Å². The van der Waals surface area contributed by atoms with E-state index in [1.165, 1.54) is 19.3 Å². The first-order valence-corrected chi connectivity index (χ1v) is 9.16. The SMILES string of the molecule is CCCCCCCOC(=O)CCCC(=O)OC(CC)C(C)(C)C. The Morgan fingerprint density at radius 2 is 1.48 bits per heavy atom. The minimum atomic E-state index is -0.223. The first-order valence-electron chi connectivity index (χ1n) is 9.16. The highest BCUT2D eigenvalue weighted by Gasteiger charge is 2.26. The smallest absolute Gasteiger partial charge is 0.306 e. The molecule has 23 heavy (non-hydrogen) atoms. The molecular formula is C19H36O4. The van der Waals surface area contributed by atoms with Gasteiger partial charge in [-0.25, -0.2) is 0 Å². The Kier molecular flexibility index (Phi) is 11.8. The zero-order valence-electron chi connectivity index (χ0n) is 15.8. The Hall–Kier alpha value is -1.06. The van der Waals surface area contributed by atoms with E-state index in [-0.39, 0.29) is 36.3 Å². The number of hydrogen-bond acceptors (Lipinski definition) is 4. The highest BCUT2D eigenvalue weighted by atomic mass is 16.5. The largest absolute Gasteiger partial charge is 0.466 e. The maximum atomic E-state index is 11.8. The zero-order chi connectivity index (χ0) is 17.7. The number of rotatable bonds is 12. The van der Waals surface area contributed by atoms with Crippen LogP contribution in [0.25, 0.3) is 0 Å². The van der Waals surface area contributed by atoms with Crippen molar-refractivity contribution in [3.05, 3.63) is 0 Å². The second-order valence-corrected chi connectivity index (χ2v) is 7.24. The van der Waals surface area contributed by atoms with Crippen molar-refractivity contribution in [3.8, 4) is 0 Å². The lowest BCUT2D eigenvalue weighted by Gasteiger charge is -2.29. The predicted octanol–water partition coefficient (Wildman–Crippen LogP) is 5.04. The summed E-state index contributed by atoms with van der Waals surface area (Å²) in [5, 5.41) is 0. The van der Waals surface area contributed by atoms with Gasteiger partial charge < -0.3 is 9.47 Å². The van der Waals surface area contributed by atoms with Gasteiger partial charge in [-0.15, -0.1) is 0 Å². The molecule has 4 nitrogen and oxygen atoms in total. The van der Waals surface area contributed by atoms with Gasteiger partial charge >= 0.3 is 11.9 Å². The maximum absolute atomic E-state index is 11.8. The van der Waals surface area contributed by atoms with Crippen LogP contribution in [0.4, 0.5) is 0 Å². The fourth-order valence-corrected chi connectivity index (χ4v) is 2.43. The quantitative estimate of drug-likeness (QED) is 0.372. The second-order valence-electron chi connectivity index (χ2n) is 7.24. The molecule has 0 heterocycles. The van der Waals surface area contributed by atoms with Crippen molar-refractivity contribution in [3.63, 3.8) is 0 Å². The maximum Gasteiger partial charge on any atom is 0.306 e. The standard InChI is InChI=1S/C19H36O4/c1-6-8-9-10-11-15-22-17(20)13-12-14-18(21)23-16(7-2)19(3,4)5/h16H,6-15H2,1-5H3. The van der Waals surface area contributed by atoms with Crippen molar-refractivity contribution in [1.29, 1.82) is 0 Å². The molecule has 0 aromatic carbocycles. The van der Waals surface area contributed by atoms with E-state index >= 15 is 0 Å². The highest BCUT2D eigenvalue weighted by molar-refractivity contribution is 5.72. The summed E-state index contributed by atoms with van der Waals surface area (Å²) in [7, 11) is 0. The van der Waals surface area contributed by atoms with E-state index in [4.69, 9.17) is 9.47 Å². The molecule has 1 atom stereocenters. The van der Waals surface area contributed by atoms with Gasteiger partial charge in [0.1, 0.15) is 6.10 Å². The van der Waals surface area contributed by atoms with Crippen LogP contribution < -0.4 is 0 Å². The van der Waals surface area contributed by atoms with Gasteiger partial charge in [-0.3, -0.25) is 9.59 Å². The fraction of sp³-hybridized carbons (Fsp3) is 0.895. The monoisotopic (exact) mass is 328 g/mol. The van der Waals surface area contributed by atoms with Crippen molar-refractivity contribution >= 4 is 11.9 Å². The van der Waals surface area contributed by atoms with Crippen molar-refractivity contribution in [2.24, 2.45) is 5.41 Å². The number of unbranched alkanes of at least 4 members (excludes halogenated alkanes) is 4. The summed E-state index contributed by atoms with van der Waals surface area (Å²) in [6.45, 7) is 10.9. The van der Waals surface area contributed by atoms with Gasteiger partial charge in [-0.1, -0.05) is 60.3 Å². The summed E-state index contributed by atoms with van der Waals surface area (Å²) in [4.78, 5) is 23.4. The number of esters is 2. The molecule has 0 saturated heterocycles. The van der Waals surface area contributed by atoms with E-state index in [9.17, 15) is 9.59 Å². The Balaban J connectivity index is 3.72. The molecule has 4 heteroatoms. The summed E-state index contributed by atoms with van der Waals surface area (Å²) in [5.41, 5.74) is -0.0544. The Bertz CT molecular complexity index is 331. The minimum Gasteiger partial charge on any atom is -0.466 e. The molecule has 1 unspecified atom stereocenters. The van der Waals surface area contributed by atoms with Crippen LogP contribution in [0.1, 0.15) is 92.4 Å². The lowest BCUT2D eigenvalue weighted by molar-refractivity contribution is -0.155. The summed E-state index contributed by atoms with van der Waals surface area (Å²) < 4.78 is 10.7. The minimum absolute atomic E-state index is 0.0544. The van der Waals surface area contributed by atoms with Crippen LogP contribution in [-0.2, 0) is 19.1 Å². The molecule has 0 bridgehead atoms. The van der Waals surface area contributed by atoms with Crippen molar-refractivity contribution < 1.29 is 19.1 Å². The lowest BCUT2D eigenvalue weighted by atomic mass is 9.87. The zero-order valence-corrected chi connectivity index (χ0v) is 15.8. The van der Waals surface area contributed by atoms with E-state index in [2.05, 4.69) is 27.7 Å². The van der Waals surface area contributed by atoms with Gasteiger partial charge in [0.25, 0.3) is 0 Å². The molecule has 0 aliphatic carbocycles. The molecule has 0 saturated carbocycles. The van der Waals surface area contributed by atoms with Crippen LogP contribution in [0, 0.1) is 5.41 Å². The van der Waals surface area contributed by atoms with Gasteiger partial charge in [0.15, 0.2) is 0 Å². The third-order valence-electron chi connectivity index (χ3n) is 3.88. The Morgan fingerprint density at radius 1 is 0.870 bits per heavy atom. The van der Waals surface area contributed by atoms with E-state index in [0.29, 0.717) is 13.0 Å². The number of ether oxygens (including phenoxy) is 2. The molecule has 0 spiro atoms. The average molecular weight is 328 g/mol. The molecule has 0 N–H and O–H groups in total. The third-order valence-corrected chi connectivity index (χ3v) is 3.88. The third kappa shape index (κ3) is 12.1. The van der Waals surface area contributed by atoms with Crippen LogP contribution in [0.2, 0.25) is 0 Å². The van der Waals surface area contributed by atoms with Gasteiger partial charge in [-0.2, -0.15) is 0 Å². The molecule has 0 aromatic heterocycles. The van der Waals surface area contributed by atoms with Crippen LogP contribution >= 0.6 is 0 Å². The van der Waals surface area contributed by atoms with Crippen LogP contribution in [0.3, 0.4) is 0 Å². The van der Waals surface area contributed by atoms with Crippen LogP contribution in [0.15, 0.2) is 0 Å². The molecule has 0 aromatic rings. The van der Waals surface area contributed by atoms with Gasteiger partial charge in [0.05, 0.1) is 6.61 Å². The summed E-state index contributed by atoms with van der Waals surface area (Å²) >= 11 is 0. The predicted molar refractivity (Wildman–Crippen MR) is 93.2 cm³/mol. The highest BCUT2D eigenvalue weighted by Crippen LogP contribution is 2.25. The summed E-state index contributed by atoms with van der Waals surface area (Å²) in [6.07, 6.45) is 7.47. The van der Waals surface area contributed by atoms with E-state index in [0.717, 1.165) is 19.3 Å². The van der Waals surface area contributed by atoms with Gasteiger partial charge in [0.2, 0.25) is 0 Å². The van der Waals surface area contributed by atoms with Crippen LogP contribution in [-0.4, -0.2) is 24.6 Å². The second kappa shape index (κ2) is 12.4. The topological polar surface area (TPSA) is 52.6 Å². The Labute approximate surface area is 142 Å². The van der Waals surface area contributed by atoms with Crippen molar-refractivity contribution in [2.75, 3.05) is 6.61 Å². The van der Waals surface area contributed by atoms with E-state index in [1.807, 2.05) is 6.92 Å². The average Bonchev–Trinajstić information content (AvgIpc) is 2.47. The van der Waals surface area contributed by atoms with E-state index < -0.39 is 0 Å². The van der Waals surface area contributed by atoms with Gasteiger partial charge in [-0.05, 0) is 24.7 Å². The summed E-state index contributed by atoms with van der Waals surface area (Å²) in [5.74, 6) is -0.435. The Morgan fingerprint density at radius 3 is 2.04 bits per heavy atom.